The van der Waals surface area contributed by atoms with E-state index >= 15 is 0 Å². The molecule has 0 amide bonds. The van der Waals surface area contributed by atoms with Gasteiger partial charge in [0.05, 0.1) is 45.0 Å². The average molecular weight is 666 g/mol. The number of nitrogens with zero attached hydrogens (tertiary/aromatic N) is 4. The molecule has 0 N–H and O–H groups in total. The van der Waals surface area contributed by atoms with Gasteiger partial charge in [0.2, 0.25) is 13.4 Å². The fourth-order valence-corrected chi connectivity index (χ4v) is 9.88. The van der Waals surface area contributed by atoms with Gasteiger partial charge in [0.1, 0.15) is 0 Å². The molecule has 0 saturated heterocycles. The molecule has 5 heterocycles. The molecule has 4 nitrogen and oxygen atoms in total. The zero-order valence-corrected chi connectivity index (χ0v) is 28.3. The molecule has 0 fully saturated rings. The van der Waals surface area contributed by atoms with Crippen molar-refractivity contribution in [3.63, 3.8) is 0 Å². The molecule has 0 spiro atoms. The SMILES string of the molecule is c1ccc(B2c3ccccc3B3c4ccccc4N(c4cccnc4)c4c5c(cc2c43)N(c2cccc3cccnc23)c2ccccc2S5)cc1. The van der Waals surface area contributed by atoms with E-state index in [1.165, 1.54) is 53.9 Å². The van der Waals surface area contributed by atoms with E-state index in [4.69, 9.17) is 4.98 Å². The summed E-state index contributed by atoms with van der Waals surface area (Å²) in [5.41, 5.74) is 15.9. The zero-order valence-electron chi connectivity index (χ0n) is 27.5. The minimum Gasteiger partial charge on any atom is -0.309 e. The van der Waals surface area contributed by atoms with E-state index in [0.717, 1.165) is 33.7 Å². The van der Waals surface area contributed by atoms with Crippen LogP contribution in [0.25, 0.3) is 10.9 Å². The van der Waals surface area contributed by atoms with Crippen molar-refractivity contribution in [1.29, 1.82) is 0 Å². The number of hydrogen-bond acceptors (Lipinski definition) is 5. The van der Waals surface area contributed by atoms with Crippen LogP contribution < -0.4 is 42.6 Å². The van der Waals surface area contributed by atoms with Crippen LogP contribution in [0.1, 0.15) is 0 Å². The molecular weight excluding hydrogens is 638 g/mol. The summed E-state index contributed by atoms with van der Waals surface area (Å²) in [6, 6.07) is 55.4. The summed E-state index contributed by atoms with van der Waals surface area (Å²) in [5, 5.41) is 1.12. The van der Waals surface area contributed by atoms with Gasteiger partial charge in [-0.1, -0.05) is 137 Å². The van der Waals surface area contributed by atoms with E-state index in [2.05, 4.69) is 154 Å². The van der Waals surface area contributed by atoms with Gasteiger partial charge in [-0.2, -0.15) is 0 Å². The zero-order chi connectivity index (χ0) is 33.5. The summed E-state index contributed by atoms with van der Waals surface area (Å²) in [7, 11) is 0. The number of pyridine rings is 2. The molecule has 2 aromatic heterocycles. The first-order chi connectivity index (χ1) is 25.3. The number of aromatic nitrogens is 2. The van der Waals surface area contributed by atoms with Crippen molar-refractivity contribution in [2.75, 3.05) is 9.80 Å². The Labute approximate surface area is 301 Å². The normalized spacial score (nSPS) is 13.6. The highest BCUT2D eigenvalue weighted by atomic mass is 32.2. The number of rotatable bonds is 3. The Bertz CT molecular complexity index is 2650. The molecule has 0 bridgehead atoms. The first-order valence-corrected chi connectivity index (χ1v) is 18.2. The molecule has 0 unspecified atom stereocenters. The molecule has 7 heteroatoms. The second-order valence-electron chi connectivity index (χ2n) is 13.3. The van der Waals surface area contributed by atoms with Crippen molar-refractivity contribution in [2.24, 2.45) is 0 Å². The van der Waals surface area contributed by atoms with E-state index in [1.807, 2.05) is 42.5 Å². The molecule has 3 aliphatic heterocycles. The molecule has 0 saturated carbocycles. The van der Waals surface area contributed by atoms with Crippen molar-refractivity contribution in [3.8, 4) is 0 Å². The Morgan fingerprint density at radius 2 is 1.22 bits per heavy atom. The fraction of sp³-hybridized carbons (Fsp3) is 0. The lowest BCUT2D eigenvalue weighted by molar-refractivity contribution is 1.14. The molecule has 0 radical (unpaired) electrons. The van der Waals surface area contributed by atoms with Gasteiger partial charge in [-0.3, -0.25) is 9.97 Å². The molecule has 0 atom stereocenters. The minimum absolute atomic E-state index is 0.0494. The lowest BCUT2D eigenvalue weighted by Crippen LogP contribution is -2.76. The third kappa shape index (κ3) is 4.19. The van der Waals surface area contributed by atoms with E-state index in [-0.39, 0.29) is 13.4 Å². The van der Waals surface area contributed by atoms with Crippen molar-refractivity contribution >= 4 is 103 Å². The molecule has 3 aliphatic rings. The fourth-order valence-electron chi connectivity index (χ4n) is 8.70. The second kappa shape index (κ2) is 11.2. The summed E-state index contributed by atoms with van der Waals surface area (Å²) < 4.78 is 0. The maximum atomic E-state index is 4.97. The van der Waals surface area contributed by atoms with Crippen LogP contribution in [0.2, 0.25) is 0 Å². The third-order valence-electron chi connectivity index (χ3n) is 10.7. The standard InChI is InChI=1S/C44H28B2N4S/c1-2-15-30(16-3-1)45-32-18-4-5-19-33(32)46-34-20-6-7-21-36(34)49(31-17-12-25-47-28-31)43-41(46)35(45)27-39-44(43)51-40-24-9-8-22-37(40)50(39)38-23-10-13-29-14-11-26-48-42(29)38/h1-28H. The van der Waals surface area contributed by atoms with Gasteiger partial charge in [0, 0.05) is 28.4 Å². The number of benzene rings is 6. The highest BCUT2D eigenvalue weighted by molar-refractivity contribution is 8.00. The Kier molecular flexibility index (Phi) is 6.34. The quantitative estimate of drug-likeness (QED) is 0.196. The van der Waals surface area contributed by atoms with Crippen LogP contribution in [0.3, 0.4) is 0 Å². The molecule has 11 rings (SSSR count). The average Bonchev–Trinajstić information content (AvgIpc) is 3.20. The van der Waals surface area contributed by atoms with Crippen LogP contribution in [0.5, 0.6) is 0 Å². The Morgan fingerprint density at radius 1 is 0.510 bits per heavy atom. The summed E-state index contributed by atoms with van der Waals surface area (Å²) in [5.74, 6) is 0. The monoisotopic (exact) mass is 666 g/mol. The first kappa shape index (κ1) is 28.8. The third-order valence-corrected chi connectivity index (χ3v) is 11.9. The van der Waals surface area contributed by atoms with Crippen LogP contribution in [0, 0.1) is 0 Å². The number of hydrogen-bond donors (Lipinski definition) is 0. The molecule has 0 aliphatic carbocycles. The van der Waals surface area contributed by atoms with Gasteiger partial charge in [-0.05, 0) is 59.5 Å². The highest BCUT2D eigenvalue weighted by Gasteiger charge is 2.47. The molecule has 6 aromatic carbocycles. The topological polar surface area (TPSA) is 32.3 Å². The minimum atomic E-state index is 0.0494. The van der Waals surface area contributed by atoms with Crippen LogP contribution in [0.4, 0.5) is 34.1 Å². The van der Waals surface area contributed by atoms with Gasteiger partial charge in [-0.15, -0.1) is 0 Å². The van der Waals surface area contributed by atoms with Gasteiger partial charge >= 0.3 is 0 Å². The van der Waals surface area contributed by atoms with Crippen LogP contribution in [0.15, 0.2) is 180 Å². The summed E-state index contributed by atoms with van der Waals surface area (Å²) in [6.07, 6.45) is 5.77. The predicted octanol–water partition coefficient (Wildman–Crippen LogP) is 6.69. The largest absolute Gasteiger partial charge is 0.309 e. The van der Waals surface area contributed by atoms with Crippen molar-refractivity contribution in [1.82, 2.24) is 9.97 Å². The first-order valence-electron chi connectivity index (χ1n) is 17.4. The van der Waals surface area contributed by atoms with Crippen molar-refractivity contribution < 1.29 is 0 Å². The summed E-state index contributed by atoms with van der Waals surface area (Å²) in [4.78, 5) is 17.0. The molecular formula is C44H28B2N4S. The van der Waals surface area contributed by atoms with Gasteiger partial charge in [0.15, 0.2) is 0 Å². The Balaban J connectivity index is 1.32. The van der Waals surface area contributed by atoms with Gasteiger partial charge in [0.25, 0.3) is 0 Å². The van der Waals surface area contributed by atoms with E-state index in [1.54, 1.807) is 0 Å². The van der Waals surface area contributed by atoms with E-state index in [9.17, 15) is 0 Å². The van der Waals surface area contributed by atoms with Crippen LogP contribution in [-0.2, 0) is 0 Å². The van der Waals surface area contributed by atoms with E-state index in [0.29, 0.717) is 0 Å². The van der Waals surface area contributed by atoms with Crippen LogP contribution in [-0.4, -0.2) is 23.4 Å². The maximum absolute atomic E-state index is 4.97. The smallest absolute Gasteiger partial charge is 0.245 e. The van der Waals surface area contributed by atoms with Gasteiger partial charge in [-0.25, -0.2) is 0 Å². The predicted molar refractivity (Wildman–Crippen MR) is 215 cm³/mol. The van der Waals surface area contributed by atoms with E-state index < -0.39 is 0 Å². The number of anilines is 6. The lowest BCUT2D eigenvalue weighted by Gasteiger charge is -2.45. The summed E-state index contributed by atoms with van der Waals surface area (Å²) >= 11 is 1.87. The van der Waals surface area contributed by atoms with Crippen molar-refractivity contribution in [2.45, 2.75) is 9.79 Å². The van der Waals surface area contributed by atoms with Crippen molar-refractivity contribution in [3.05, 3.63) is 170 Å². The molecule has 51 heavy (non-hydrogen) atoms. The van der Waals surface area contributed by atoms with Gasteiger partial charge < -0.3 is 9.80 Å². The lowest BCUT2D eigenvalue weighted by atomic mass is 9.20. The number of fused-ring (bicyclic) bond motifs is 8. The Morgan fingerprint density at radius 3 is 2.06 bits per heavy atom. The Hall–Kier alpha value is -6.04. The molecule has 236 valence electrons. The summed E-state index contributed by atoms with van der Waals surface area (Å²) in [6.45, 7) is 0.124. The van der Waals surface area contributed by atoms with Crippen LogP contribution >= 0.6 is 11.8 Å². The maximum Gasteiger partial charge on any atom is 0.245 e. The number of para-hydroxylation sites is 3. The molecule has 8 aromatic rings. The highest BCUT2D eigenvalue weighted by Crippen LogP contribution is 2.56. The second-order valence-corrected chi connectivity index (χ2v) is 14.4.